The number of rotatable bonds is 5. The lowest BCUT2D eigenvalue weighted by Crippen LogP contribution is -2.48. The zero-order valence-corrected chi connectivity index (χ0v) is 14.7. The van der Waals surface area contributed by atoms with Crippen molar-refractivity contribution in [3.05, 3.63) is 47.5 Å². The van der Waals surface area contributed by atoms with Crippen LogP contribution in [-0.4, -0.2) is 45.3 Å². The summed E-state index contributed by atoms with van der Waals surface area (Å²) in [5.41, 5.74) is 3.40. The molecule has 0 radical (unpaired) electrons. The number of β-amino-alcohol motifs (C(OH)–C–C–N with tert-alkyl or cyclic N) is 1. The Kier molecular flexibility index (Phi) is 5.21. The van der Waals surface area contributed by atoms with Crippen molar-refractivity contribution < 1.29 is 9.84 Å². The van der Waals surface area contributed by atoms with Gasteiger partial charge in [-0.15, -0.1) is 0 Å². The largest absolute Gasteiger partial charge is 0.488 e. The third-order valence-electron chi connectivity index (χ3n) is 4.72. The SMILES string of the molecule is Cc1[nH]cnc1CN1CC[C@@H](Oc2cccc(C(C)C)c2)[C@H](O)C1. The highest BCUT2D eigenvalue weighted by Crippen LogP contribution is 2.24. The first-order chi connectivity index (χ1) is 11.5. The summed E-state index contributed by atoms with van der Waals surface area (Å²) in [5.74, 6) is 1.32. The standard InChI is InChI=1S/C19H27N3O2/c1-13(2)15-5-4-6-16(9-15)24-19-7-8-22(11-18(19)23)10-17-14(3)20-12-21-17/h4-6,9,12-13,18-19,23H,7-8,10-11H2,1-3H3,(H,20,21)/t18-,19-/m1/s1. The molecule has 0 saturated carbocycles. The zero-order chi connectivity index (χ0) is 17.1. The number of likely N-dealkylation sites (tertiary alicyclic amines) is 1. The predicted molar refractivity (Wildman–Crippen MR) is 94.2 cm³/mol. The van der Waals surface area contributed by atoms with E-state index in [1.165, 1.54) is 5.56 Å². The molecule has 130 valence electrons. The van der Waals surface area contributed by atoms with E-state index in [-0.39, 0.29) is 6.10 Å². The number of ether oxygens (including phenoxy) is 1. The van der Waals surface area contributed by atoms with Gasteiger partial charge in [0.2, 0.25) is 0 Å². The Morgan fingerprint density at radius 2 is 2.25 bits per heavy atom. The molecule has 3 rings (SSSR count). The summed E-state index contributed by atoms with van der Waals surface area (Å²) in [6.45, 7) is 8.64. The van der Waals surface area contributed by atoms with Crippen molar-refractivity contribution in [2.24, 2.45) is 0 Å². The van der Waals surface area contributed by atoms with E-state index in [1.54, 1.807) is 6.33 Å². The number of H-pyrrole nitrogens is 1. The van der Waals surface area contributed by atoms with Gasteiger partial charge in [-0.25, -0.2) is 4.98 Å². The van der Waals surface area contributed by atoms with Crippen molar-refractivity contribution >= 4 is 0 Å². The molecule has 5 nitrogen and oxygen atoms in total. The van der Waals surface area contributed by atoms with E-state index in [0.717, 1.165) is 36.6 Å². The van der Waals surface area contributed by atoms with Gasteiger partial charge in [-0.2, -0.15) is 0 Å². The molecular formula is C19H27N3O2. The second-order valence-electron chi connectivity index (χ2n) is 6.95. The number of aryl methyl sites for hydroxylation is 1. The lowest BCUT2D eigenvalue weighted by atomic mass is 10.0. The van der Waals surface area contributed by atoms with Gasteiger partial charge in [-0.1, -0.05) is 26.0 Å². The number of aromatic nitrogens is 2. The van der Waals surface area contributed by atoms with Crippen LogP contribution in [0.15, 0.2) is 30.6 Å². The van der Waals surface area contributed by atoms with Gasteiger partial charge >= 0.3 is 0 Å². The Hall–Kier alpha value is -1.85. The van der Waals surface area contributed by atoms with Crippen molar-refractivity contribution in [3.63, 3.8) is 0 Å². The van der Waals surface area contributed by atoms with Gasteiger partial charge in [0.25, 0.3) is 0 Å². The number of hydrogen-bond acceptors (Lipinski definition) is 4. The van der Waals surface area contributed by atoms with Crippen LogP contribution in [0.25, 0.3) is 0 Å². The Balaban J connectivity index is 1.58. The molecule has 2 heterocycles. The van der Waals surface area contributed by atoms with Crippen molar-refractivity contribution in [2.75, 3.05) is 13.1 Å². The summed E-state index contributed by atoms with van der Waals surface area (Å²) < 4.78 is 6.07. The quantitative estimate of drug-likeness (QED) is 0.885. The maximum atomic E-state index is 10.5. The number of nitrogens with zero attached hydrogens (tertiary/aromatic N) is 2. The van der Waals surface area contributed by atoms with Crippen LogP contribution < -0.4 is 4.74 Å². The normalized spacial score (nSPS) is 22.0. The fourth-order valence-corrected chi connectivity index (χ4v) is 3.14. The monoisotopic (exact) mass is 329 g/mol. The number of nitrogens with one attached hydrogen (secondary N) is 1. The van der Waals surface area contributed by atoms with Crippen LogP contribution in [0.3, 0.4) is 0 Å². The third-order valence-corrected chi connectivity index (χ3v) is 4.72. The van der Waals surface area contributed by atoms with Crippen LogP contribution in [-0.2, 0) is 6.54 Å². The first kappa shape index (κ1) is 17.0. The van der Waals surface area contributed by atoms with E-state index in [1.807, 2.05) is 19.1 Å². The van der Waals surface area contributed by atoms with Crippen molar-refractivity contribution in [1.82, 2.24) is 14.9 Å². The number of aromatic amines is 1. The van der Waals surface area contributed by atoms with Crippen LogP contribution >= 0.6 is 0 Å². The molecular weight excluding hydrogens is 302 g/mol. The minimum absolute atomic E-state index is 0.149. The average Bonchev–Trinajstić information content (AvgIpc) is 2.95. The Morgan fingerprint density at radius 1 is 1.42 bits per heavy atom. The molecule has 0 aliphatic carbocycles. The van der Waals surface area contributed by atoms with E-state index in [0.29, 0.717) is 12.5 Å². The molecule has 0 spiro atoms. The van der Waals surface area contributed by atoms with Gasteiger partial charge in [0.1, 0.15) is 18.0 Å². The topological polar surface area (TPSA) is 61.4 Å². The molecule has 0 amide bonds. The van der Waals surface area contributed by atoms with Crippen LogP contribution in [0, 0.1) is 6.92 Å². The van der Waals surface area contributed by atoms with E-state index < -0.39 is 6.10 Å². The van der Waals surface area contributed by atoms with Crippen LogP contribution in [0.1, 0.15) is 43.1 Å². The summed E-state index contributed by atoms with van der Waals surface area (Å²) >= 11 is 0. The molecule has 1 saturated heterocycles. The molecule has 1 aliphatic rings. The molecule has 2 atom stereocenters. The summed E-state index contributed by atoms with van der Waals surface area (Å²) in [6.07, 6.45) is 1.90. The highest BCUT2D eigenvalue weighted by molar-refractivity contribution is 5.30. The lowest BCUT2D eigenvalue weighted by molar-refractivity contribution is -0.0278. The summed E-state index contributed by atoms with van der Waals surface area (Å²) in [7, 11) is 0. The van der Waals surface area contributed by atoms with Gasteiger partial charge in [-0.3, -0.25) is 4.90 Å². The minimum atomic E-state index is -0.485. The molecule has 5 heteroatoms. The Labute approximate surface area is 143 Å². The van der Waals surface area contributed by atoms with Crippen molar-refractivity contribution in [1.29, 1.82) is 0 Å². The second kappa shape index (κ2) is 7.36. The number of aliphatic hydroxyl groups is 1. The molecule has 2 aromatic rings. The second-order valence-corrected chi connectivity index (χ2v) is 6.95. The maximum Gasteiger partial charge on any atom is 0.127 e. The summed E-state index contributed by atoms with van der Waals surface area (Å²) in [4.78, 5) is 9.67. The van der Waals surface area contributed by atoms with E-state index in [2.05, 4.69) is 40.8 Å². The molecule has 24 heavy (non-hydrogen) atoms. The highest BCUT2D eigenvalue weighted by atomic mass is 16.5. The number of imidazole rings is 1. The van der Waals surface area contributed by atoms with Gasteiger partial charge in [0.15, 0.2) is 0 Å². The van der Waals surface area contributed by atoms with Gasteiger partial charge in [0, 0.05) is 25.3 Å². The van der Waals surface area contributed by atoms with Crippen LogP contribution in [0.2, 0.25) is 0 Å². The maximum absolute atomic E-state index is 10.5. The van der Waals surface area contributed by atoms with E-state index in [4.69, 9.17) is 4.74 Å². The molecule has 1 fully saturated rings. The third kappa shape index (κ3) is 3.97. The van der Waals surface area contributed by atoms with E-state index >= 15 is 0 Å². The molecule has 1 aliphatic heterocycles. The molecule has 1 aromatic heterocycles. The fraction of sp³-hybridized carbons (Fsp3) is 0.526. The van der Waals surface area contributed by atoms with Crippen LogP contribution in [0.5, 0.6) is 5.75 Å². The van der Waals surface area contributed by atoms with Crippen molar-refractivity contribution in [2.45, 2.75) is 51.9 Å². The molecule has 0 bridgehead atoms. The lowest BCUT2D eigenvalue weighted by Gasteiger charge is -2.35. The summed E-state index contributed by atoms with van der Waals surface area (Å²) in [5, 5.41) is 10.5. The Morgan fingerprint density at radius 3 is 2.92 bits per heavy atom. The number of benzene rings is 1. The minimum Gasteiger partial charge on any atom is -0.488 e. The van der Waals surface area contributed by atoms with Crippen LogP contribution in [0.4, 0.5) is 0 Å². The first-order valence-electron chi connectivity index (χ1n) is 8.69. The molecule has 0 unspecified atom stereocenters. The number of aliphatic hydroxyl groups excluding tert-OH is 1. The van der Waals surface area contributed by atoms with Gasteiger partial charge in [0.05, 0.1) is 12.0 Å². The van der Waals surface area contributed by atoms with Gasteiger partial charge in [-0.05, 0) is 37.0 Å². The fourth-order valence-electron chi connectivity index (χ4n) is 3.14. The zero-order valence-electron chi connectivity index (χ0n) is 14.7. The summed E-state index contributed by atoms with van der Waals surface area (Å²) in [6, 6.07) is 8.18. The van der Waals surface area contributed by atoms with Crippen molar-refractivity contribution in [3.8, 4) is 5.75 Å². The average molecular weight is 329 g/mol. The molecule has 2 N–H and O–H groups in total. The number of piperidine rings is 1. The predicted octanol–water partition coefficient (Wildman–Crippen LogP) is 2.86. The van der Waals surface area contributed by atoms with Gasteiger partial charge < -0.3 is 14.8 Å². The number of hydrogen-bond donors (Lipinski definition) is 2. The first-order valence-corrected chi connectivity index (χ1v) is 8.69. The smallest absolute Gasteiger partial charge is 0.127 e. The highest BCUT2D eigenvalue weighted by Gasteiger charge is 2.29. The van der Waals surface area contributed by atoms with E-state index in [9.17, 15) is 5.11 Å². The Bertz CT molecular complexity index is 668. The molecule has 1 aromatic carbocycles.